The molecule has 0 aliphatic heterocycles. The number of aliphatic hydroxyl groups excluding tert-OH is 1. The van der Waals surface area contributed by atoms with Gasteiger partial charge in [-0.3, -0.25) is 4.79 Å². The highest BCUT2D eigenvalue weighted by Gasteiger charge is 2.29. The van der Waals surface area contributed by atoms with Gasteiger partial charge in [0.05, 0.1) is 12.0 Å². The molecule has 0 aromatic carbocycles. The Morgan fingerprint density at radius 3 is 2.50 bits per heavy atom. The van der Waals surface area contributed by atoms with Crippen LogP contribution in [-0.4, -0.2) is 40.3 Å². The van der Waals surface area contributed by atoms with E-state index in [1.54, 1.807) is 12.2 Å². The summed E-state index contributed by atoms with van der Waals surface area (Å²) in [4.78, 5) is 22.4. The average Bonchev–Trinajstić information content (AvgIpc) is 2.59. The Bertz CT molecular complexity index is 314. The minimum Gasteiger partial charge on any atom is -0.480 e. The van der Waals surface area contributed by atoms with Gasteiger partial charge in [0.25, 0.3) is 0 Å². The zero-order valence-electron chi connectivity index (χ0n) is 8.96. The van der Waals surface area contributed by atoms with Crippen LogP contribution in [0.5, 0.6) is 0 Å². The Labute approximate surface area is 93.1 Å². The minimum absolute atomic E-state index is 0.162. The maximum Gasteiger partial charge on any atom is 0.328 e. The number of carboxylic acids is 1. The van der Waals surface area contributed by atoms with Crippen LogP contribution in [0.4, 0.5) is 0 Å². The fraction of sp³-hybridized carbons (Fsp3) is 0.600. The van der Waals surface area contributed by atoms with E-state index in [0.29, 0.717) is 6.42 Å². The van der Waals surface area contributed by atoms with Crippen molar-refractivity contribution in [3.8, 4) is 0 Å². The molecule has 0 saturated heterocycles. The molecule has 1 aliphatic carbocycles. The third-order valence-electron chi connectivity index (χ3n) is 2.50. The van der Waals surface area contributed by atoms with Gasteiger partial charge in [0.2, 0.25) is 5.91 Å². The second-order valence-electron chi connectivity index (χ2n) is 3.96. The van der Waals surface area contributed by atoms with E-state index < -0.39 is 29.9 Å². The van der Waals surface area contributed by atoms with Gasteiger partial charge in [-0.2, -0.15) is 0 Å². The van der Waals surface area contributed by atoms with E-state index in [-0.39, 0.29) is 6.04 Å². The van der Waals surface area contributed by atoms with Crippen LogP contribution in [0.3, 0.4) is 0 Å². The quantitative estimate of drug-likeness (QED) is 0.453. The molecule has 0 aromatic rings. The highest BCUT2D eigenvalue weighted by Crippen LogP contribution is 2.16. The molecular formula is C10H16N2O4. The van der Waals surface area contributed by atoms with Crippen molar-refractivity contribution in [1.29, 1.82) is 0 Å². The molecule has 0 bridgehead atoms. The van der Waals surface area contributed by atoms with E-state index >= 15 is 0 Å². The van der Waals surface area contributed by atoms with E-state index in [0.717, 1.165) is 0 Å². The molecule has 0 radical (unpaired) electrons. The number of hydrogen-bond donors (Lipinski definition) is 4. The van der Waals surface area contributed by atoms with Crippen molar-refractivity contribution in [3.63, 3.8) is 0 Å². The molecule has 5 N–H and O–H groups in total. The number of nitrogens with two attached hydrogens (primary N) is 1. The van der Waals surface area contributed by atoms with E-state index in [1.165, 1.54) is 6.92 Å². The standard InChI is InChI=1S/C10H16N2O4/c1-5(13)8(10(15)16)12-9(14)6-2-3-7(11)4-6/h2-3,5-8,13H,4,11H2,1H3,(H,12,14)(H,15,16). The lowest BCUT2D eigenvalue weighted by Gasteiger charge is -2.19. The number of amides is 1. The van der Waals surface area contributed by atoms with Gasteiger partial charge in [0, 0.05) is 6.04 Å². The topological polar surface area (TPSA) is 113 Å². The second kappa shape index (κ2) is 5.09. The summed E-state index contributed by atoms with van der Waals surface area (Å²) in [6.45, 7) is 1.31. The molecule has 6 heteroatoms. The summed E-state index contributed by atoms with van der Waals surface area (Å²) in [5, 5.41) is 20.2. The zero-order valence-corrected chi connectivity index (χ0v) is 8.96. The molecule has 16 heavy (non-hydrogen) atoms. The fourth-order valence-electron chi connectivity index (χ4n) is 1.57. The van der Waals surface area contributed by atoms with Crippen molar-refractivity contribution in [3.05, 3.63) is 12.2 Å². The highest BCUT2D eigenvalue weighted by atomic mass is 16.4. The van der Waals surface area contributed by atoms with Gasteiger partial charge < -0.3 is 21.3 Å². The Hall–Kier alpha value is -1.40. The van der Waals surface area contributed by atoms with Gasteiger partial charge in [-0.25, -0.2) is 4.79 Å². The van der Waals surface area contributed by atoms with Crippen LogP contribution in [0.25, 0.3) is 0 Å². The van der Waals surface area contributed by atoms with Gasteiger partial charge in [-0.1, -0.05) is 12.2 Å². The SMILES string of the molecule is CC(O)C(NC(=O)C1C=CC(N)C1)C(=O)O. The maximum atomic E-state index is 11.6. The van der Waals surface area contributed by atoms with Gasteiger partial charge in [-0.05, 0) is 13.3 Å². The van der Waals surface area contributed by atoms with Crippen molar-refractivity contribution in [2.24, 2.45) is 11.7 Å². The third kappa shape index (κ3) is 3.04. The Morgan fingerprint density at radius 2 is 2.12 bits per heavy atom. The largest absolute Gasteiger partial charge is 0.480 e. The van der Waals surface area contributed by atoms with Crippen molar-refractivity contribution >= 4 is 11.9 Å². The number of nitrogens with one attached hydrogen (secondary N) is 1. The first kappa shape index (κ1) is 12.7. The van der Waals surface area contributed by atoms with Crippen molar-refractivity contribution in [2.45, 2.75) is 31.5 Å². The third-order valence-corrected chi connectivity index (χ3v) is 2.50. The van der Waals surface area contributed by atoms with Crippen molar-refractivity contribution in [1.82, 2.24) is 5.32 Å². The summed E-state index contributed by atoms with van der Waals surface area (Å²) >= 11 is 0. The summed E-state index contributed by atoms with van der Waals surface area (Å²) in [5.74, 6) is -2.08. The summed E-state index contributed by atoms with van der Waals surface area (Å²) in [6, 6.07) is -1.44. The van der Waals surface area contributed by atoms with E-state index in [2.05, 4.69) is 5.32 Å². The number of aliphatic carboxylic acids is 1. The number of aliphatic hydroxyl groups is 1. The summed E-state index contributed by atoms with van der Waals surface area (Å²) in [5.41, 5.74) is 5.58. The molecule has 1 amide bonds. The van der Waals surface area contributed by atoms with Gasteiger partial charge in [0.15, 0.2) is 6.04 Å². The smallest absolute Gasteiger partial charge is 0.328 e. The van der Waals surface area contributed by atoms with Gasteiger partial charge in [-0.15, -0.1) is 0 Å². The molecule has 0 aromatic heterocycles. The van der Waals surface area contributed by atoms with Crippen LogP contribution in [0.2, 0.25) is 0 Å². The fourth-order valence-corrected chi connectivity index (χ4v) is 1.57. The Kier molecular flexibility index (Phi) is 4.03. The van der Waals surface area contributed by atoms with Crippen LogP contribution < -0.4 is 11.1 Å². The lowest BCUT2D eigenvalue weighted by molar-refractivity contribution is -0.145. The number of carboxylic acid groups (broad SMARTS) is 1. The first-order valence-electron chi connectivity index (χ1n) is 5.07. The van der Waals surface area contributed by atoms with Crippen molar-refractivity contribution < 1.29 is 19.8 Å². The molecule has 0 spiro atoms. The summed E-state index contributed by atoms with van der Waals surface area (Å²) in [7, 11) is 0. The molecule has 1 aliphatic rings. The van der Waals surface area contributed by atoms with E-state index in [4.69, 9.17) is 10.8 Å². The number of rotatable bonds is 4. The monoisotopic (exact) mass is 228 g/mol. The van der Waals surface area contributed by atoms with E-state index in [1.807, 2.05) is 0 Å². The zero-order chi connectivity index (χ0) is 12.3. The lowest BCUT2D eigenvalue weighted by atomic mass is 10.1. The molecular weight excluding hydrogens is 212 g/mol. The average molecular weight is 228 g/mol. The van der Waals surface area contributed by atoms with Crippen LogP contribution >= 0.6 is 0 Å². The lowest BCUT2D eigenvalue weighted by Crippen LogP contribution is -2.49. The summed E-state index contributed by atoms with van der Waals surface area (Å²) in [6.07, 6.45) is 2.70. The molecule has 0 heterocycles. The molecule has 1 rings (SSSR count). The second-order valence-corrected chi connectivity index (χ2v) is 3.96. The van der Waals surface area contributed by atoms with Crippen LogP contribution in [0, 0.1) is 5.92 Å². The molecule has 0 fully saturated rings. The Morgan fingerprint density at radius 1 is 1.50 bits per heavy atom. The minimum atomic E-state index is -1.28. The number of hydrogen-bond acceptors (Lipinski definition) is 4. The number of carbonyl (C=O) groups excluding carboxylic acids is 1. The van der Waals surface area contributed by atoms with Crippen LogP contribution in [0.15, 0.2) is 12.2 Å². The predicted octanol–water partition coefficient (Wildman–Crippen LogP) is -1.16. The molecule has 4 atom stereocenters. The summed E-state index contributed by atoms with van der Waals surface area (Å²) < 4.78 is 0. The molecule has 6 nitrogen and oxygen atoms in total. The van der Waals surface area contributed by atoms with Crippen LogP contribution in [-0.2, 0) is 9.59 Å². The molecule has 0 saturated carbocycles. The first-order valence-corrected chi connectivity index (χ1v) is 5.07. The number of carbonyl (C=O) groups is 2. The Balaban J connectivity index is 2.56. The molecule has 90 valence electrons. The van der Waals surface area contributed by atoms with Gasteiger partial charge in [0.1, 0.15) is 0 Å². The first-order chi connectivity index (χ1) is 7.41. The predicted molar refractivity (Wildman–Crippen MR) is 56.5 cm³/mol. The maximum absolute atomic E-state index is 11.6. The molecule has 4 unspecified atom stereocenters. The highest BCUT2D eigenvalue weighted by molar-refractivity contribution is 5.86. The van der Waals surface area contributed by atoms with E-state index in [9.17, 15) is 14.7 Å². The van der Waals surface area contributed by atoms with Gasteiger partial charge >= 0.3 is 5.97 Å². The van der Waals surface area contributed by atoms with Crippen LogP contribution in [0.1, 0.15) is 13.3 Å². The van der Waals surface area contributed by atoms with Crippen molar-refractivity contribution in [2.75, 3.05) is 0 Å². The normalized spacial score (nSPS) is 27.4.